The Morgan fingerprint density at radius 1 is 1.11 bits per heavy atom. The zero-order valence-corrected chi connectivity index (χ0v) is 11.0. The highest BCUT2D eigenvalue weighted by molar-refractivity contribution is 5.90. The molecule has 0 unspecified atom stereocenters. The van der Waals surface area contributed by atoms with E-state index in [-0.39, 0.29) is 5.69 Å². The molecular formula is C14H19N3O2. The van der Waals surface area contributed by atoms with Crippen molar-refractivity contribution in [2.24, 2.45) is 5.41 Å². The van der Waals surface area contributed by atoms with E-state index in [9.17, 15) is 9.90 Å². The Morgan fingerprint density at radius 2 is 1.74 bits per heavy atom. The topological polar surface area (TPSA) is 66.3 Å². The summed E-state index contributed by atoms with van der Waals surface area (Å²) in [5, 5.41) is 9.17. The van der Waals surface area contributed by atoms with Crippen LogP contribution in [0.3, 0.4) is 0 Å². The Hall–Kier alpha value is -1.65. The molecule has 2 aliphatic rings. The molecule has 0 radical (unpaired) electrons. The average molecular weight is 261 g/mol. The first-order valence-electron chi connectivity index (χ1n) is 6.99. The van der Waals surface area contributed by atoms with Gasteiger partial charge in [-0.05, 0) is 31.1 Å². The van der Waals surface area contributed by atoms with Crippen LogP contribution in [0.1, 0.15) is 49.0 Å². The Balaban J connectivity index is 1.76. The molecule has 0 bridgehead atoms. The number of hydrogen-bond donors (Lipinski definition) is 1. The highest BCUT2D eigenvalue weighted by Crippen LogP contribution is 2.46. The van der Waals surface area contributed by atoms with Crippen molar-refractivity contribution in [1.82, 2.24) is 9.97 Å². The number of carboxylic acids is 1. The van der Waals surface area contributed by atoms with Gasteiger partial charge >= 0.3 is 5.97 Å². The zero-order chi connectivity index (χ0) is 13.3. The summed E-state index contributed by atoms with van der Waals surface area (Å²) in [4.78, 5) is 21.4. The molecule has 19 heavy (non-hydrogen) atoms. The van der Waals surface area contributed by atoms with Crippen LogP contribution in [-0.4, -0.2) is 34.1 Å². The standard InChI is InChI=1S/C14H19N3O2/c18-13(19)11-12(16-8-7-15-11)17-9-5-14(6-10-17)3-1-2-4-14/h7-8H,1-6,9-10H2,(H,18,19). The van der Waals surface area contributed by atoms with E-state index in [4.69, 9.17) is 0 Å². The molecule has 0 amide bonds. The predicted octanol–water partition coefficient (Wildman–Crippen LogP) is 2.34. The lowest BCUT2D eigenvalue weighted by Gasteiger charge is -2.40. The number of rotatable bonds is 2. The highest BCUT2D eigenvalue weighted by Gasteiger charge is 2.37. The second-order valence-corrected chi connectivity index (χ2v) is 5.73. The third kappa shape index (κ3) is 2.29. The van der Waals surface area contributed by atoms with Crippen LogP contribution in [-0.2, 0) is 0 Å². The second kappa shape index (κ2) is 4.79. The van der Waals surface area contributed by atoms with E-state index in [0.717, 1.165) is 25.9 Å². The highest BCUT2D eigenvalue weighted by atomic mass is 16.4. The van der Waals surface area contributed by atoms with E-state index in [0.29, 0.717) is 11.2 Å². The number of carboxylic acid groups (broad SMARTS) is 1. The van der Waals surface area contributed by atoms with Crippen molar-refractivity contribution in [3.8, 4) is 0 Å². The molecule has 1 aromatic heterocycles. The summed E-state index contributed by atoms with van der Waals surface area (Å²) in [6.45, 7) is 1.80. The molecule has 1 aliphatic carbocycles. The van der Waals surface area contributed by atoms with E-state index in [2.05, 4.69) is 14.9 Å². The monoisotopic (exact) mass is 261 g/mol. The van der Waals surface area contributed by atoms with Gasteiger partial charge in [-0.2, -0.15) is 0 Å². The van der Waals surface area contributed by atoms with Crippen LogP contribution in [0.5, 0.6) is 0 Å². The molecule has 1 saturated carbocycles. The van der Waals surface area contributed by atoms with E-state index < -0.39 is 5.97 Å². The quantitative estimate of drug-likeness (QED) is 0.885. The van der Waals surface area contributed by atoms with Crippen LogP contribution in [0, 0.1) is 5.41 Å². The molecule has 2 heterocycles. The molecule has 0 aromatic carbocycles. The third-order valence-electron chi connectivity index (χ3n) is 4.67. The smallest absolute Gasteiger partial charge is 0.358 e. The van der Waals surface area contributed by atoms with E-state index >= 15 is 0 Å². The van der Waals surface area contributed by atoms with Gasteiger partial charge in [-0.25, -0.2) is 14.8 Å². The summed E-state index contributed by atoms with van der Waals surface area (Å²) in [6.07, 6.45) is 10.7. The first-order chi connectivity index (χ1) is 9.20. The second-order valence-electron chi connectivity index (χ2n) is 5.73. The average Bonchev–Trinajstić information content (AvgIpc) is 2.88. The minimum atomic E-state index is -0.996. The number of anilines is 1. The molecule has 1 aliphatic heterocycles. The van der Waals surface area contributed by atoms with Gasteiger partial charge in [-0.1, -0.05) is 12.8 Å². The molecule has 3 rings (SSSR count). The van der Waals surface area contributed by atoms with Crippen LogP contribution >= 0.6 is 0 Å². The van der Waals surface area contributed by atoms with Crippen LogP contribution in [0.2, 0.25) is 0 Å². The molecule has 5 heteroatoms. The molecule has 2 fully saturated rings. The minimum absolute atomic E-state index is 0.0740. The van der Waals surface area contributed by atoms with Gasteiger partial charge in [0.15, 0.2) is 11.5 Å². The van der Waals surface area contributed by atoms with Crippen molar-refractivity contribution in [2.45, 2.75) is 38.5 Å². The SMILES string of the molecule is O=C(O)c1nccnc1N1CCC2(CCCC2)CC1. The summed E-state index contributed by atoms with van der Waals surface area (Å²) in [5.41, 5.74) is 0.604. The van der Waals surface area contributed by atoms with Gasteiger partial charge in [0.25, 0.3) is 0 Å². The fourth-order valence-electron chi connectivity index (χ4n) is 3.53. The van der Waals surface area contributed by atoms with Gasteiger partial charge < -0.3 is 10.0 Å². The Kier molecular flexibility index (Phi) is 3.12. The van der Waals surface area contributed by atoms with Gasteiger partial charge in [0.05, 0.1) is 0 Å². The summed E-state index contributed by atoms with van der Waals surface area (Å²) >= 11 is 0. The Labute approximate surface area is 112 Å². The molecule has 5 nitrogen and oxygen atoms in total. The maximum Gasteiger partial charge on any atom is 0.358 e. The van der Waals surface area contributed by atoms with Gasteiger partial charge in [-0.3, -0.25) is 0 Å². The van der Waals surface area contributed by atoms with Gasteiger partial charge in [0.1, 0.15) is 0 Å². The number of aromatic carboxylic acids is 1. The van der Waals surface area contributed by atoms with E-state index in [1.54, 1.807) is 6.20 Å². The van der Waals surface area contributed by atoms with Crippen molar-refractivity contribution >= 4 is 11.8 Å². The van der Waals surface area contributed by atoms with Crippen LogP contribution < -0.4 is 4.90 Å². The van der Waals surface area contributed by atoms with E-state index in [1.807, 2.05) is 0 Å². The van der Waals surface area contributed by atoms with Crippen LogP contribution in [0.15, 0.2) is 12.4 Å². The van der Waals surface area contributed by atoms with Crippen LogP contribution in [0.25, 0.3) is 0 Å². The number of aromatic nitrogens is 2. The minimum Gasteiger partial charge on any atom is -0.476 e. The fraction of sp³-hybridized carbons (Fsp3) is 0.643. The summed E-state index contributed by atoms with van der Waals surface area (Å²) in [6, 6.07) is 0. The molecule has 1 spiro atoms. The van der Waals surface area contributed by atoms with Crippen molar-refractivity contribution in [3.63, 3.8) is 0 Å². The number of piperidine rings is 1. The molecule has 102 valence electrons. The van der Waals surface area contributed by atoms with Crippen LogP contribution in [0.4, 0.5) is 5.82 Å². The lowest BCUT2D eigenvalue weighted by atomic mass is 9.77. The maximum absolute atomic E-state index is 11.2. The summed E-state index contributed by atoms with van der Waals surface area (Å²) in [5.74, 6) is -0.466. The molecule has 0 atom stereocenters. The van der Waals surface area contributed by atoms with Gasteiger partial charge in [-0.15, -0.1) is 0 Å². The molecule has 1 N–H and O–H groups in total. The van der Waals surface area contributed by atoms with Gasteiger partial charge in [0.2, 0.25) is 0 Å². The van der Waals surface area contributed by atoms with Crippen molar-refractivity contribution in [2.75, 3.05) is 18.0 Å². The van der Waals surface area contributed by atoms with Crippen molar-refractivity contribution in [3.05, 3.63) is 18.1 Å². The predicted molar refractivity (Wildman–Crippen MR) is 71.3 cm³/mol. The summed E-state index contributed by atoms with van der Waals surface area (Å²) < 4.78 is 0. The normalized spacial score (nSPS) is 21.8. The third-order valence-corrected chi connectivity index (χ3v) is 4.67. The first kappa shape index (κ1) is 12.4. The van der Waals surface area contributed by atoms with Crippen molar-refractivity contribution < 1.29 is 9.90 Å². The largest absolute Gasteiger partial charge is 0.476 e. The van der Waals surface area contributed by atoms with Gasteiger partial charge in [0, 0.05) is 25.5 Å². The molecule has 1 aromatic rings. The Morgan fingerprint density at radius 3 is 2.37 bits per heavy atom. The number of carbonyl (C=O) groups is 1. The van der Waals surface area contributed by atoms with E-state index in [1.165, 1.54) is 31.9 Å². The molecule has 1 saturated heterocycles. The molecular weight excluding hydrogens is 242 g/mol. The van der Waals surface area contributed by atoms with Crippen molar-refractivity contribution in [1.29, 1.82) is 0 Å². The lowest BCUT2D eigenvalue weighted by Crippen LogP contribution is -2.40. The lowest BCUT2D eigenvalue weighted by molar-refractivity contribution is 0.0690. The zero-order valence-electron chi connectivity index (χ0n) is 11.0. The maximum atomic E-state index is 11.2. The summed E-state index contributed by atoms with van der Waals surface area (Å²) in [7, 11) is 0. The first-order valence-corrected chi connectivity index (χ1v) is 6.99. The fourth-order valence-corrected chi connectivity index (χ4v) is 3.53. The Bertz CT molecular complexity index is 473. The number of nitrogens with zero attached hydrogens (tertiary/aromatic N) is 3. The number of hydrogen-bond acceptors (Lipinski definition) is 4.